The summed E-state index contributed by atoms with van der Waals surface area (Å²) in [7, 11) is 1.29. The van der Waals surface area contributed by atoms with Crippen LogP contribution >= 0.6 is 15.9 Å². The SMILES string of the molecule is C=C(Br)C[C@@H](NC(=O)[C@@H]1CCOC1)C(=O)OC. The molecule has 1 amide bonds. The fraction of sp³-hybridized carbons (Fsp3) is 0.636. The second kappa shape index (κ2) is 6.76. The van der Waals surface area contributed by atoms with E-state index in [0.29, 0.717) is 30.5 Å². The normalized spacial score (nSPS) is 20.7. The number of esters is 1. The third-order valence-corrected chi connectivity index (χ3v) is 2.85. The molecule has 0 aromatic rings. The number of carbonyl (C=O) groups is 2. The number of carbonyl (C=O) groups excluding carboxylic acids is 2. The van der Waals surface area contributed by atoms with Gasteiger partial charge in [-0.25, -0.2) is 4.79 Å². The summed E-state index contributed by atoms with van der Waals surface area (Å²) in [5, 5.41) is 2.66. The Bertz CT molecular complexity index is 313. The summed E-state index contributed by atoms with van der Waals surface area (Å²) in [6, 6.07) is -0.694. The van der Waals surface area contributed by atoms with E-state index in [9.17, 15) is 9.59 Å². The minimum atomic E-state index is -0.694. The van der Waals surface area contributed by atoms with Gasteiger partial charge in [0.15, 0.2) is 0 Å². The Morgan fingerprint density at radius 1 is 1.65 bits per heavy atom. The Morgan fingerprint density at radius 2 is 2.35 bits per heavy atom. The lowest BCUT2D eigenvalue weighted by Gasteiger charge is -2.17. The van der Waals surface area contributed by atoms with Gasteiger partial charge in [0.25, 0.3) is 0 Å². The summed E-state index contributed by atoms with van der Waals surface area (Å²) < 4.78 is 10.4. The largest absolute Gasteiger partial charge is 0.467 e. The van der Waals surface area contributed by atoms with Crippen LogP contribution in [0.25, 0.3) is 0 Å². The van der Waals surface area contributed by atoms with Crippen LogP contribution in [0.4, 0.5) is 0 Å². The second-order valence-corrected chi connectivity index (χ2v) is 4.99. The van der Waals surface area contributed by atoms with E-state index in [-0.39, 0.29) is 11.8 Å². The summed E-state index contributed by atoms with van der Waals surface area (Å²) in [6.45, 7) is 4.65. The molecule has 2 atom stereocenters. The van der Waals surface area contributed by atoms with Crippen molar-refractivity contribution in [1.29, 1.82) is 0 Å². The minimum Gasteiger partial charge on any atom is -0.467 e. The molecular formula is C11H16BrNO4. The van der Waals surface area contributed by atoms with E-state index in [1.165, 1.54) is 7.11 Å². The average Bonchev–Trinajstić information content (AvgIpc) is 2.79. The van der Waals surface area contributed by atoms with E-state index < -0.39 is 12.0 Å². The number of halogens is 1. The summed E-state index contributed by atoms with van der Waals surface area (Å²) in [4.78, 5) is 23.3. The Kier molecular flexibility index (Phi) is 5.64. The van der Waals surface area contributed by atoms with Crippen molar-refractivity contribution in [2.45, 2.75) is 18.9 Å². The number of rotatable bonds is 5. The number of methoxy groups -OCH3 is 1. The quantitative estimate of drug-likeness (QED) is 0.769. The van der Waals surface area contributed by atoms with Gasteiger partial charge in [-0.2, -0.15) is 0 Å². The van der Waals surface area contributed by atoms with Gasteiger partial charge in [-0.15, -0.1) is 0 Å². The van der Waals surface area contributed by atoms with E-state index in [1.807, 2.05) is 0 Å². The lowest BCUT2D eigenvalue weighted by Crippen LogP contribution is -2.44. The van der Waals surface area contributed by atoms with E-state index in [4.69, 9.17) is 4.74 Å². The van der Waals surface area contributed by atoms with Gasteiger partial charge in [-0.3, -0.25) is 4.79 Å². The molecule has 0 aromatic heterocycles. The fourth-order valence-corrected chi connectivity index (χ4v) is 1.91. The summed E-state index contributed by atoms with van der Waals surface area (Å²) in [6.07, 6.45) is 1.00. The van der Waals surface area contributed by atoms with Crippen LogP contribution in [0, 0.1) is 5.92 Å². The lowest BCUT2D eigenvalue weighted by atomic mass is 10.1. The number of ether oxygens (including phenoxy) is 2. The molecule has 1 heterocycles. The summed E-state index contributed by atoms with van der Waals surface area (Å²) >= 11 is 3.17. The fourth-order valence-electron chi connectivity index (χ4n) is 1.59. The Hall–Kier alpha value is -0.880. The van der Waals surface area contributed by atoms with Crippen molar-refractivity contribution in [3.05, 3.63) is 11.1 Å². The Labute approximate surface area is 109 Å². The number of amides is 1. The zero-order valence-corrected chi connectivity index (χ0v) is 11.3. The van der Waals surface area contributed by atoms with Gasteiger partial charge in [0.1, 0.15) is 6.04 Å². The molecule has 1 aliphatic rings. The van der Waals surface area contributed by atoms with Crippen molar-refractivity contribution in [1.82, 2.24) is 5.32 Å². The third-order valence-electron chi connectivity index (χ3n) is 2.53. The maximum absolute atomic E-state index is 11.8. The van der Waals surface area contributed by atoms with Crippen LogP contribution in [0.1, 0.15) is 12.8 Å². The molecule has 5 nitrogen and oxygen atoms in total. The van der Waals surface area contributed by atoms with E-state index in [2.05, 4.69) is 32.6 Å². The second-order valence-electron chi connectivity index (χ2n) is 3.87. The van der Waals surface area contributed by atoms with Gasteiger partial charge in [-0.05, 0) is 10.9 Å². The Balaban J connectivity index is 2.55. The molecule has 0 unspecified atom stereocenters. The molecule has 0 aliphatic carbocycles. The number of hydrogen-bond donors (Lipinski definition) is 1. The molecule has 0 bridgehead atoms. The van der Waals surface area contributed by atoms with Crippen molar-refractivity contribution in [3.8, 4) is 0 Å². The van der Waals surface area contributed by atoms with Gasteiger partial charge in [-0.1, -0.05) is 22.5 Å². The summed E-state index contributed by atoms with van der Waals surface area (Å²) in [5.41, 5.74) is 0. The highest BCUT2D eigenvalue weighted by Gasteiger charge is 2.28. The predicted molar refractivity (Wildman–Crippen MR) is 65.6 cm³/mol. The van der Waals surface area contributed by atoms with Gasteiger partial charge in [0, 0.05) is 13.0 Å². The van der Waals surface area contributed by atoms with E-state index in [0.717, 1.165) is 0 Å². The molecule has 0 radical (unpaired) electrons. The highest BCUT2D eigenvalue weighted by molar-refractivity contribution is 9.11. The van der Waals surface area contributed by atoms with Gasteiger partial charge >= 0.3 is 5.97 Å². The average molecular weight is 306 g/mol. The summed E-state index contributed by atoms with van der Waals surface area (Å²) in [5.74, 6) is -0.824. The molecule has 17 heavy (non-hydrogen) atoms. The Morgan fingerprint density at radius 3 is 2.82 bits per heavy atom. The first-order valence-electron chi connectivity index (χ1n) is 5.33. The maximum Gasteiger partial charge on any atom is 0.328 e. The molecular weight excluding hydrogens is 290 g/mol. The molecule has 1 rings (SSSR count). The third kappa shape index (κ3) is 4.47. The predicted octanol–water partition coefficient (Wildman–Crippen LogP) is 0.979. The highest BCUT2D eigenvalue weighted by Crippen LogP contribution is 2.15. The first-order valence-corrected chi connectivity index (χ1v) is 6.13. The smallest absolute Gasteiger partial charge is 0.328 e. The zero-order valence-electron chi connectivity index (χ0n) is 9.70. The van der Waals surface area contributed by atoms with Gasteiger partial charge < -0.3 is 14.8 Å². The molecule has 1 saturated heterocycles. The highest BCUT2D eigenvalue weighted by atomic mass is 79.9. The standard InChI is InChI=1S/C11H16BrNO4/c1-7(12)5-9(11(15)16-2)13-10(14)8-3-4-17-6-8/h8-9H,1,3-6H2,2H3,(H,13,14)/t8-,9-/m1/s1. The van der Waals surface area contributed by atoms with Crippen LogP contribution in [-0.2, 0) is 19.1 Å². The van der Waals surface area contributed by atoms with Crippen LogP contribution in [0.2, 0.25) is 0 Å². The molecule has 0 spiro atoms. The zero-order chi connectivity index (χ0) is 12.8. The first kappa shape index (κ1) is 14.2. The van der Waals surface area contributed by atoms with Crippen LogP contribution in [0.15, 0.2) is 11.1 Å². The van der Waals surface area contributed by atoms with Crippen LogP contribution in [0.3, 0.4) is 0 Å². The number of nitrogens with one attached hydrogen (secondary N) is 1. The van der Waals surface area contributed by atoms with Crippen molar-refractivity contribution in [3.63, 3.8) is 0 Å². The minimum absolute atomic E-state index is 0.174. The number of hydrogen-bond acceptors (Lipinski definition) is 4. The van der Waals surface area contributed by atoms with Crippen molar-refractivity contribution >= 4 is 27.8 Å². The maximum atomic E-state index is 11.8. The van der Waals surface area contributed by atoms with Crippen LogP contribution < -0.4 is 5.32 Å². The molecule has 1 fully saturated rings. The molecule has 0 saturated carbocycles. The molecule has 1 aliphatic heterocycles. The lowest BCUT2D eigenvalue weighted by molar-refractivity contribution is -0.145. The van der Waals surface area contributed by atoms with Gasteiger partial charge in [0.05, 0.1) is 19.6 Å². The first-order chi connectivity index (χ1) is 8.04. The monoisotopic (exact) mass is 305 g/mol. The van der Waals surface area contributed by atoms with Crippen molar-refractivity contribution in [2.75, 3.05) is 20.3 Å². The van der Waals surface area contributed by atoms with Gasteiger partial charge in [0.2, 0.25) is 5.91 Å². The van der Waals surface area contributed by atoms with Crippen LogP contribution in [-0.4, -0.2) is 38.2 Å². The molecule has 1 N–H and O–H groups in total. The molecule has 6 heteroatoms. The topological polar surface area (TPSA) is 64.6 Å². The van der Waals surface area contributed by atoms with Crippen LogP contribution in [0.5, 0.6) is 0 Å². The van der Waals surface area contributed by atoms with E-state index in [1.54, 1.807) is 0 Å². The van der Waals surface area contributed by atoms with E-state index >= 15 is 0 Å². The molecule has 96 valence electrons. The van der Waals surface area contributed by atoms with Crippen molar-refractivity contribution in [2.24, 2.45) is 5.92 Å². The van der Waals surface area contributed by atoms with Crippen molar-refractivity contribution < 1.29 is 19.1 Å². The molecule has 0 aromatic carbocycles.